The molecule has 0 heterocycles. The van der Waals surface area contributed by atoms with Crippen LogP contribution < -0.4 is 4.74 Å². The van der Waals surface area contributed by atoms with E-state index in [9.17, 15) is 17.6 Å². The number of alkyl halides is 2. The fourth-order valence-electron chi connectivity index (χ4n) is 2.98. The zero-order valence-corrected chi connectivity index (χ0v) is 11.6. The molecule has 1 aliphatic carbocycles. The number of hydrogen-bond donors (Lipinski definition) is 0. The summed E-state index contributed by atoms with van der Waals surface area (Å²) in [4.78, 5) is 0. The van der Waals surface area contributed by atoms with E-state index in [0.29, 0.717) is 11.5 Å². The second kappa shape index (κ2) is 6.96. The van der Waals surface area contributed by atoms with Gasteiger partial charge in [0.2, 0.25) is 0 Å². The van der Waals surface area contributed by atoms with E-state index in [4.69, 9.17) is 0 Å². The molecule has 0 radical (unpaired) electrons. The van der Waals surface area contributed by atoms with Crippen LogP contribution in [0.4, 0.5) is 17.6 Å². The number of halogens is 4. The third-order valence-corrected chi connectivity index (χ3v) is 4.05. The summed E-state index contributed by atoms with van der Waals surface area (Å²) >= 11 is 0. The van der Waals surface area contributed by atoms with Crippen LogP contribution in [-0.2, 0) is 0 Å². The first-order valence-electron chi connectivity index (χ1n) is 7.06. The highest BCUT2D eigenvalue weighted by atomic mass is 19.3. The van der Waals surface area contributed by atoms with Crippen molar-refractivity contribution >= 4 is 0 Å². The Labute approximate surface area is 121 Å². The molecule has 116 valence electrons. The van der Waals surface area contributed by atoms with Crippen molar-refractivity contribution < 1.29 is 22.3 Å². The second-order valence-corrected chi connectivity index (χ2v) is 5.43. The number of hydrogen-bond acceptors (Lipinski definition) is 1. The van der Waals surface area contributed by atoms with Crippen LogP contribution in [0, 0.1) is 17.6 Å². The van der Waals surface area contributed by atoms with Crippen LogP contribution in [0.3, 0.4) is 0 Å². The number of ether oxygens (including phenoxy) is 1. The molecule has 0 amide bonds. The minimum Gasteiger partial charge on any atom is -0.429 e. The molecule has 0 aromatic heterocycles. The third kappa shape index (κ3) is 3.99. The summed E-state index contributed by atoms with van der Waals surface area (Å²) in [5, 5.41) is 0. The smallest absolute Gasteiger partial charge is 0.387 e. The van der Waals surface area contributed by atoms with E-state index in [2.05, 4.69) is 11.3 Å². The summed E-state index contributed by atoms with van der Waals surface area (Å²) < 4.78 is 55.5. The van der Waals surface area contributed by atoms with Gasteiger partial charge in [-0.15, -0.1) is 6.58 Å². The van der Waals surface area contributed by atoms with Gasteiger partial charge >= 0.3 is 6.61 Å². The van der Waals surface area contributed by atoms with Crippen molar-refractivity contribution in [3.8, 4) is 5.75 Å². The Morgan fingerprint density at radius 2 is 1.71 bits per heavy atom. The lowest BCUT2D eigenvalue weighted by atomic mass is 9.77. The van der Waals surface area contributed by atoms with E-state index in [0.717, 1.165) is 44.2 Å². The zero-order chi connectivity index (χ0) is 15.4. The van der Waals surface area contributed by atoms with Crippen LogP contribution >= 0.6 is 0 Å². The van der Waals surface area contributed by atoms with Crippen molar-refractivity contribution in [1.29, 1.82) is 0 Å². The van der Waals surface area contributed by atoms with Gasteiger partial charge in [-0.1, -0.05) is 6.08 Å². The molecule has 2 rings (SSSR count). The molecule has 0 aliphatic heterocycles. The maximum Gasteiger partial charge on any atom is 0.387 e. The fraction of sp³-hybridized carbons (Fsp3) is 0.500. The molecule has 1 fully saturated rings. The lowest BCUT2D eigenvalue weighted by Gasteiger charge is -2.28. The molecule has 1 saturated carbocycles. The van der Waals surface area contributed by atoms with Crippen LogP contribution in [0.5, 0.6) is 5.75 Å². The topological polar surface area (TPSA) is 9.23 Å². The molecule has 0 saturated heterocycles. The lowest BCUT2D eigenvalue weighted by Crippen LogP contribution is -2.14. The van der Waals surface area contributed by atoms with Gasteiger partial charge in [-0.2, -0.15) is 8.78 Å². The van der Waals surface area contributed by atoms with Crippen molar-refractivity contribution in [2.24, 2.45) is 5.92 Å². The predicted molar refractivity (Wildman–Crippen MR) is 72.5 cm³/mol. The molecule has 5 heteroatoms. The van der Waals surface area contributed by atoms with E-state index in [1.807, 2.05) is 6.08 Å². The Hall–Kier alpha value is -1.52. The summed E-state index contributed by atoms with van der Waals surface area (Å²) in [6.45, 7) is 0.473. The Morgan fingerprint density at radius 1 is 1.14 bits per heavy atom. The summed E-state index contributed by atoms with van der Waals surface area (Å²) in [7, 11) is 0. The molecule has 1 aromatic carbocycles. The Kier molecular flexibility index (Phi) is 5.26. The maximum atomic E-state index is 13.7. The first-order valence-corrected chi connectivity index (χ1v) is 7.06. The normalized spacial score (nSPS) is 22.3. The molecular formula is C16H18F4O. The standard InChI is InChI=1S/C16H18F4O/c1-2-3-10-4-6-11(7-5-10)12-8-13(17)15(14(18)9-12)21-16(19)20/h2,8-11,16H,1,3-7H2/t10-,11-. The summed E-state index contributed by atoms with van der Waals surface area (Å²) in [6.07, 6.45) is 6.49. The number of benzene rings is 1. The summed E-state index contributed by atoms with van der Waals surface area (Å²) in [6, 6.07) is 2.22. The van der Waals surface area contributed by atoms with Crippen molar-refractivity contribution in [3.63, 3.8) is 0 Å². The average molecular weight is 302 g/mol. The largest absolute Gasteiger partial charge is 0.429 e. The van der Waals surface area contributed by atoms with Crippen LogP contribution in [-0.4, -0.2) is 6.61 Å². The minimum absolute atomic E-state index is 0.0654. The van der Waals surface area contributed by atoms with Gasteiger partial charge in [0.1, 0.15) is 0 Å². The highest BCUT2D eigenvalue weighted by molar-refractivity contribution is 5.33. The molecule has 0 unspecified atom stereocenters. The van der Waals surface area contributed by atoms with Gasteiger partial charge in [0, 0.05) is 0 Å². The number of allylic oxidation sites excluding steroid dienone is 1. The molecule has 0 bridgehead atoms. The zero-order valence-electron chi connectivity index (χ0n) is 11.6. The Bertz CT molecular complexity index is 470. The van der Waals surface area contributed by atoms with Crippen LogP contribution in [0.1, 0.15) is 43.6 Å². The second-order valence-electron chi connectivity index (χ2n) is 5.43. The van der Waals surface area contributed by atoms with E-state index in [1.54, 1.807) is 0 Å². The highest BCUT2D eigenvalue weighted by Crippen LogP contribution is 2.39. The van der Waals surface area contributed by atoms with Crippen molar-refractivity contribution in [1.82, 2.24) is 0 Å². The lowest BCUT2D eigenvalue weighted by molar-refractivity contribution is -0.0546. The molecular weight excluding hydrogens is 284 g/mol. The summed E-state index contributed by atoms with van der Waals surface area (Å²) in [5.74, 6) is -2.50. The van der Waals surface area contributed by atoms with Crippen LogP contribution in [0.2, 0.25) is 0 Å². The molecule has 1 aromatic rings. The van der Waals surface area contributed by atoms with Gasteiger partial charge < -0.3 is 4.74 Å². The SMILES string of the molecule is C=CC[C@H]1CC[C@H](c2cc(F)c(OC(F)F)c(F)c2)CC1. The molecule has 0 atom stereocenters. The minimum atomic E-state index is -3.24. The fourth-order valence-corrected chi connectivity index (χ4v) is 2.98. The first kappa shape index (κ1) is 15.9. The maximum absolute atomic E-state index is 13.7. The molecule has 0 spiro atoms. The van der Waals surface area contributed by atoms with Gasteiger partial charge in [-0.25, -0.2) is 8.78 Å². The Balaban J connectivity index is 2.10. The third-order valence-electron chi connectivity index (χ3n) is 4.05. The number of rotatable bonds is 5. The van der Waals surface area contributed by atoms with E-state index in [-0.39, 0.29) is 5.92 Å². The summed E-state index contributed by atoms with van der Waals surface area (Å²) in [5.41, 5.74) is 0.517. The highest BCUT2D eigenvalue weighted by Gasteiger charge is 2.24. The van der Waals surface area contributed by atoms with Gasteiger partial charge in [0.15, 0.2) is 17.4 Å². The molecule has 0 N–H and O–H groups in total. The quantitative estimate of drug-likeness (QED) is 0.521. The van der Waals surface area contributed by atoms with Gasteiger partial charge in [0.05, 0.1) is 0 Å². The van der Waals surface area contributed by atoms with Crippen molar-refractivity contribution in [2.75, 3.05) is 0 Å². The van der Waals surface area contributed by atoms with E-state index < -0.39 is 24.0 Å². The van der Waals surface area contributed by atoms with Gasteiger partial charge in [-0.3, -0.25) is 0 Å². The van der Waals surface area contributed by atoms with E-state index in [1.165, 1.54) is 0 Å². The van der Waals surface area contributed by atoms with Gasteiger partial charge in [-0.05, 0) is 61.6 Å². The molecule has 21 heavy (non-hydrogen) atoms. The molecule has 1 aliphatic rings. The van der Waals surface area contributed by atoms with Crippen molar-refractivity contribution in [3.05, 3.63) is 42.0 Å². The monoisotopic (exact) mass is 302 g/mol. The van der Waals surface area contributed by atoms with Crippen LogP contribution in [0.15, 0.2) is 24.8 Å². The molecule has 1 nitrogen and oxygen atoms in total. The first-order chi connectivity index (χ1) is 10.0. The van der Waals surface area contributed by atoms with Crippen molar-refractivity contribution in [2.45, 2.75) is 44.6 Å². The average Bonchev–Trinajstić information content (AvgIpc) is 2.43. The van der Waals surface area contributed by atoms with Crippen LogP contribution in [0.25, 0.3) is 0 Å². The van der Waals surface area contributed by atoms with E-state index >= 15 is 0 Å². The van der Waals surface area contributed by atoms with Gasteiger partial charge in [0.25, 0.3) is 0 Å². The predicted octanol–water partition coefficient (Wildman–Crippen LogP) is 5.42. The Morgan fingerprint density at radius 3 is 2.19 bits per heavy atom.